The number of rotatable bonds is 6. The highest BCUT2D eigenvalue weighted by molar-refractivity contribution is 6.04. The second kappa shape index (κ2) is 8.35. The van der Waals surface area contributed by atoms with Gasteiger partial charge in [0.25, 0.3) is 22.8 Å². The summed E-state index contributed by atoms with van der Waals surface area (Å²) in [4.78, 5) is 45.6. The molecule has 10 nitrogen and oxygen atoms in total. The Hall–Kier alpha value is -4.34. The standard InChI is InChI=1S/C20H16N4O6/c1-13-5-7-17(24(29)30)10-18(13)21-20(26)15-6-8-19(25)22(12-15)11-14-3-2-4-16(9-14)23(27)28/h2-10,12H,11H2,1H3,(H,21,26). The highest BCUT2D eigenvalue weighted by Gasteiger charge is 2.14. The predicted molar refractivity (Wildman–Crippen MR) is 109 cm³/mol. The number of aromatic nitrogens is 1. The second-order valence-corrected chi connectivity index (χ2v) is 6.52. The smallest absolute Gasteiger partial charge is 0.271 e. The Morgan fingerprint density at radius 1 is 1.00 bits per heavy atom. The van der Waals surface area contributed by atoms with Gasteiger partial charge in [0.15, 0.2) is 0 Å². The molecule has 0 aliphatic rings. The van der Waals surface area contributed by atoms with Crippen LogP contribution in [0.5, 0.6) is 0 Å². The number of anilines is 1. The maximum Gasteiger partial charge on any atom is 0.271 e. The zero-order valence-electron chi connectivity index (χ0n) is 15.8. The van der Waals surface area contributed by atoms with Crippen LogP contribution >= 0.6 is 0 Å². The molecule has 0 bridgehead atoms. The Bertz CT molecular complexity index is 1220. The number of hydrogen-bond acceptors (Lipinski definition) is 6. The maximum atomic E-state index is 12.6. The van der Waals surface area contributed by atoms with E-state index in [1.54, 1.807) is 13.0 Å². The van der Waals surface area contributed by atoms with Crippen molar-refractivity contribution in [2.45, 2.75) is 13.5 Å². The molecule has 3 aromatic rings. The first-order valence-electron chi connectivity index (χ1n) is 8.75. The molecule has 10 heteroatoms. The molecule has 152 valence electrons. The van der Waals surface area contributed by atoms with E-state index in [0.29, 0.717) is 11.1 Å². The lowest BCUT2D eigenvalue weighted by Gasteiger charge is -2.11. The van der Waals surface area contributed by atoms with Crippen molar-refractivity contribution >= 4 is 23.0 Å². The maximum absolute atomic E-state index is 12.6. The van der Waals surface area contributed by atoms with E-state index < -0.39 is 15.8 Å². The molecule has 3 rings (SSSR count). The monoisotopic (exact) mass is 408 g/mol. The van der Waals surface area contributed by atoms with E-state index in [1.807, 2.05) is 0 Å². The highest BCUT2D eigenvalue weighted by Crippen LogP contribution is 2.22. The van der Waals surface area contributed by atoms with Crippen molar-refractivity contribution < 1.29 is 14.6 Å². The average Bonchev–Trinajstić information content (AvgIpc) is 2.71. The topological polar surface area (TPSA) is 137 Å². The van der Waals surface area contributed by atoms with E-state index in [2.05, 4.69) is 5.32 Å². The third kappa shape index (κ3) is 4.55. The SMILES string of the molecule is Cc1ccc([N+](=O)[O-])cc1NC(=O)c1ccc(=O)n(Cc2cccc([N+](=O)[O-])c2)c1. The van der Waals surface area contributed by atoms with Gasteiger partial charge in [0, 0.05) is 36.5 Å². The Kier molecular flexibility index (Phi) is 5.68. The molecule has 1 amide bonds. The first kappa shape index (κ1) is 20.4. The molecule has 30 heavy (non-hydrogen) atoms. The molecule has 0 saturated carbocycles. The third-order valence-electron chi connectivity index (χ3n) is 4.40. The van der Waals surface area contributed by atoms with Crippen LogP contribution in [0, 0.1) is 27.2 Å². The molecule has 0 unspecified atom stereocenters. The van der Waals surface area contributed by atoms with E-state index in [9.17, 15) is 29.8 Å². The van der Waals surface area contributed by atoms with Crippen LogP contribution in [0.25, 0.3) is 0 Å². The van der Waals surface area contributed by atoms with Crippen molar-refractivity contribution in [1.82, 2.24) is 4.57 Å². The quantitative estimate of drug-likeness (QED) is 0.491. The number of nitro groups is 2. The Morgan fingerprint density at radius 3 is 2.40 bits per heavy atom. The number of aryl methyl sites for hydroxylation is 1. The summed E-state index contributed by atoms with van der Waals surface area (Å²) in [7, 11) is 0. The molecular weight excluding hydrogens is 392 g/mol. The van der Waals surface area contributed by atoms with E-state index in [1.165, 1.54) is 59.3 Å². The van der Waals surface area contributed by atoms with Gasteiger partial charge < -0.3 is 9.88 Å². The Labute approximate surface area is 169 Å². The van der Waals surface area contributed by atoms with Crippen LogP contribution in [0.1, 0.15) is 21.5 Å². The molecule has 1 aromatic heterocycles. The molecule has 1 N–H and O–H groups in total. The van der Waals surface area contributed by atoms with Crippen molar-refractivity contribution in [2.24, 2.45) is 0 Å². The predicted octanol–water partition coefficient (Wildman–Crippen LogP) is 3.27. The fourth-order valence-electron chi connectivity index (χ4n) is 2.81. The third-order valence-corrected chi connectivity index (χ3v) is 4.40. The summed E-state index contributed by atoms with van der Waals surface area (Å²) in [6.45, 7) is 1.74. The van der Waals surface area contributed by atoms with Gasteiger partial charge in [-0.1, -0.05) is 18.2 Å². The molecule has 0 saturated heterocycles. The molecule has 0 aliphatic carbocycles. The van der Waals surface area contributed by atoms with Gasteiger partial charge in [-0.3, -0.25) is 29.8 Å². The molecule has 0 atom stereocenters. The first-order chi connectivity index (χ1) is 14.2. The number of pyridine rings is 1. The summed E-state index contributed by atoms with van der Waals surface area (Å²) in [5.41, 5.74) is 0.959. The minimum absolute atomic E-state index is 0.0392. The summed E-state index contributed by atoms with van der Waals surface area (Å²) in [5, 5.41) is 24.5. The number of amides is 1. The normalized spacial score (nSPS) is 10.4. The lowest BCUT2D eigenvalue weighted by molar-refractivity contribution is -0.385. The van der Waals surface area contributed by atoms with Crippen molar-refractivity contribution in [3.63, 3.8) is 0 Å². The van der Waals surface area contributed by atoms with Crippen LogP contribution < -0.4 is 10.9 Å². The molecule has 0 fully saturated rings. The number of non-ortho nitro benzene ring substituents is 2. The second-order valence-electron chi connectivity index (χ2n) is 6.52. The lowest BCUT2D eigenvalue weighted by atomic mass is 10.1. The molecule has 1 heterocycles. The fraction of sp³-hybridized carbons (Fsp3) is 0.100. The molecule has 0 aliphatic heterocycles. The van der Waals surface area contributed by atoms with Crippen LogP contribution in [0.3, 0.4) is 0 Å². The number of carbonyl (C=O) groups is 1. The first-order valence-corrected chi connectivity index (χ1v) is 8.75. The van der Waals surface area contributed by atoms with Crippen molar-refractivity contribution in [3.05, 3.63) is 108 Å². The minimum atomic E-state index is -0.561. The van der Waals surface area contributed by atoms with Gasteiger partial charge in [-0.2, -0.15) is 0 Å². The number of nitrogens with one attached hydrogen (secondary N) is 1. The van der Waals surface area contributed by atoms with Crippen LogP contribution in [-0.4, -0.2) is 20.3 Å². The summed E-state index contributed by atoms with van der Waals surface area (Å²) < 4.78 is 1.26. The van der Waals surface area contributed by atoms with Crippen LogP contribution in [-0.2, 0) is 6.54 Å². The zero-order chi connectivity index (χ0) is 21.8. The summed E-state index contributed by atoms with van der Waals surface area (Å²) in [6.07, 6.45) is 1.34. The highest BCUT2D eigenvalue weighted by atomic mass is 16.6. The van der Waals surface area contributed by atoms with Gasteiger partial charge in [-0.15, -0.1) is 0 Å². The van der Waals surface area contributed by atoms with Gasteiger partial charge in [0.05, 0.1) is 27.6 Å². The largest absolute Gasteiger partial charge is 0.321 e. The summed E-state index contributed by atoms with van der Waals surface area (Å²) >= 11 is 0. The van der Waals surface area contributed by atoms with Gasteiger partial charge in [0.1, 0.15) is 0 Å². The number of nitrogens with zero attached hydrogens (tertiary/aromatic N) is 3. The number of carbonyl (C=O) groups excluding carboxylic acids is 1. The van der Waals surface area contributed by atoms with E-state index in [4.69, 9.17) is 0 Å². The minimum Gasteiger partial charge on any atom is -0.321 e. The summed E-state index contributed by atoms with van der Waals surface area (Å²) in [5.74, 6) is -0.550. The molecule has 2 aromatic carbocycles. The average molecular weight is 408 g/mol. The van der Waals surface area contributed by atoms with Crippen molar-refractivity contribution in [1.29, 1.82) is 0 Å². The van der Waals surface area contributed by atoms with Crippen molar-refractivity contribution in [3.8, 4) is 0 Å². The van der Waals surface area contributed by atoms with Crippen LogP contribution in [0.4, 0.5) is 17.1 Å². The Balaban J connectivity index is 1.86. The van der Waals surface area contributed by atoms with Gasteiger partial charge in [0.2, 0.25) is 0 Å². The van der Waals surface area contributed by atoms with E-state index >= 15 is 0 Å². The lowest BCUT2D eigenvalue weighted by Crippen LogP contribution is -2.22. The number of nitro benzene ring substituents is 2. The van der Waals surface area contributed by atoms with Gasteiger partial charge in [-0.05, 0) is 24.1 Å². The molecule has 0 spiro atoms. The van der Waals surface area contributed by atoms with Gasteiger partial charge in [-0.25, -0.2) is 0 Å². The fourth-order valence-corrected chi connectivity index (χ4v) is 2.81. The van der Waals surface area contributed by atoms with Crippen molar-refractivity contribution in [2.75, 3.05) is 5.32 Å². The summed E-state index contributed by atoms with van der Waals surface area (Å²) in [6, 6.07) is 12.5. The van der Waals surface area contributed by atoms with Gasteiger partial charge >= 0.3 is 0 Å². The number of hydrogen-bond donors (Lipinski definition) is 1. The van der Waals surface area contributed by atoms with E-state index in [-0.39, 0.29) is 34.7 Å². The number of benzene rings is 2. The molecular formula is C20H16N4O6. The molecule has 0 radical (unpaired) electrons. The Morgan fingerprint density at radius 2 is 1.70 bits per heavy atom. The zero-order valence-corrected chi connectivity index (χ0v) is 15.8. The van der Waals surface area contributed by atoms with Crippen LogP contribution in [0.15, 0.2) is 65.6 Å². The van der Waals surface area contributed by atoms with E-state index in [0.717, 1.165) is 0 Å². The van der Waals surface area contributed by atoms with Crippen LogP contribution in [0.2, 0.25) is 0 Å².